The molecule has 0 aliphatic heterocycles. The average Bonchev–Trinajstić information content (AvgIpc) is 3.40. The molecule has 4 N–H and O–H groups in total. The lowest BCUT2D eigenvalue weighted by Crippen LogP contribution is -2.53. The van der Waals surface area contributed by atoms with Crippen molar-refractivity contribution in [2.45, 2.75) is 52.1 Å². The van der Waals surface area contributed by atoms with E-state index in [1.165, 1.54) is 11.3 Å². The number of hydrogen-bond donors (Lipinski definition) is 4. The fourth-order valence-corrected chi connectivity index (χ4v) is 4.61. The number of anilines is 1. The van der Waals surface area contributed by atoms with E-state index in [4.69, 9.17) is 9.47 Å². The standard InChI is InChI=1S/C29H36N4O5S/c1-4-37-28(38-5-2)24(18-21-12-8-6-9-13-21)32-26(34)20(3)31-27(35)25-23(16-17-39-25)33-29(36)30-19-22-14-10-7-11-15-22/h6-17,20,24,28H,4-5,18-19H2,1-3H3,(H,31,35)(H,32,34)(H2,30,33,36)/t20-,24?/m0/s1. The Hall–Kier alpha value is -3.73. The number of benzene rings is 2. The van der Waals surface area contributed by atoms with Crippen LogP contribution in [0.4, 0.5) is 10.5 Å². The second-order valence-corrected chi connectivity index (χ2v) is 9.65. The van der Waals surface area contributed by atoms with E-state index in [0.717, 1.165) is 11.1 Å². The summed E-state index contributed by atoms with van der Waals surface area (Å²) in [6, 6.07) is 19.2. The number of urea groups is 1. The van der Waals surface area contributed by atoms with E-state index in [0.29, 0.717) is 36.7 Å². The van der Waals surface area contributed by atoms with E-state index < -0.39 is 30.3 Å². The lowest BCUT2D eigenvalue weighted by atomic mass is 10.0. The van der Waals surface area contributed by atoms with E-state index >= 15 is 0 Å². The zero-order valence-corrected chi connectivity index (χ0v) is 23.3. The normalized spacial score (nSPS) is 12.4. The SMILES string of the molecule is CCOC(OCC)C(Cc1ccccc1)NC(=O)[C@H](C)NC(=O)c1sccc1NC(=O)NCc1ccccc1. The van der Waals surface area contributed by atoms with Crippen LogP contribution in [-0.4, -0.2) is 49.4 Å². The predicted molar refractivity (Wildman–Crippen MR) is 153 cm³/mol. The third-order valence-corrected chi connectivity index (χ3v) is 6.69. The molecule has 1 unspecified atom stereocenters. The maximum absolute atomic E-state index is 13.1. The first-order valence-corrected chi connectivity index (χ1v) is 13.8. The first-order chi connectivity index (χ1) is 18.9. The van der Waals surface area contributed by atoms with E-state index in [9.17, 15) is 14.4 Å². The molecule has 39 heavy (non-hydrogen) atoms. The van der Waals surface area contributed by atoms with Crippen molar-refractivity contribution in [2.75, 3.05) is 18.5 Å². The van der Waals surface area contributed by atoms with Crippen molar-refractivity contribution in [1.82, 2.24) is 16.0 Å². The van der Waals surface area contributed by atoms with Crippen LogP contribution in [-0.2, 0) is 27.2 Å². The topological polar surface area (TPSA) is 118 Å². The Kier molecular flexibility index (Phi) is 11.9. The van der Waals surface area contributed by atoms with E-state index in [-0.39, 0.29) is 5.91 Å². The van der Waals surface area contributed by atoms with Crippen LogP contribution in [0.1, 0.15) is 41.6 Å². The molecule has 0 aliphatic carbocycles. The molecular formula is C29H36N4O5S. The highest BCUT2D eigenvalue weighted by atomic mass is 32.1. The molecule has 0 saturated heterocycles. The van der Waals surface area contributed by atoms with Crippen molar-refractivity contribution in [3.8, 4) is 0 Å². The third-order valence-electron chi connectivity index (χ3n) is 5.77. The molecule has 1 heterocycles. The van der Waals surface area contributed by atoms with Gasteiger partial charge in [0.1, 0.15) is 10.9 Å². The minimum absolute atomic E-state index is 0.298. The Morgan fingerprint density at radius 2 is 1.46 bits per heavy atom. The second-order valence-electron chi connectivity index (χ2n) is 8.74. The van der Waals surface area contributed by atoms with Crippen LogP contribution in [0.5, 0.6) is 0 Å². The van der Waals surface area contributed by atoms with Crippen LogP contribution < -0.4 is 21.3 Å². The number of carbonyl (C=O) groups excluding carboxylic acids is 3. The van der Waals surface area contributed by atoms with Crippen molar-refractivity contribution in [1.29, 1.82) is 0 Å². The summed E-state index contributed by atoms with van der Waals surface area (Å²) in [4.78, 5) is 38.8. The van der Waals surface area contributed by atoms with Gasteiger partial charge >= 0.3 is 6.03 Å². The number of nitrogens with one attached hydrogen (secondary N) is 4. The summed E-state index contributed by atoms with van der Waals surface area (Å²) in [5, 5.41) is 12.9. The van der Waals surface area contributed by atoms with Crippen molar-refractivity contribution in [2.24, 2.45) is 0 Å². The number of hydrogen-bond acceptors (Lipinski definition) is 6. The highest BCUT2D eigenvalue weighted by molar-refractivity contribution is 7.12. The molecule has 0 bridgehead atoms. The molecule has 0 fully saturated rings. The smallest absolute Gasteiger partial charge is 0.319 e. The van der Waals surface area contributed by atoms with Crippen molar-refractivity contribution >= 4 is 34.9 Å². The van der Waals surface area contributed by atoms with Crippen LogP contribution >= 0.6 is 11.3 Å². The fraction of sp³-hybridized carbons (Fsp3) is 0.345. The van der Waals surface area contributed by atoms with Gasteiger partial charge in [0.2, 0.25) is 5.91 Å². The molecular weight excluding hydrogens is 516 g/mol. The summed E-state index contributed by atoms with van der Waals surface area (Å²) in [5.41, 5.74) is 2.34. The Morgan fingerprint density at radius 3 is 2.08 bits per heavy atom. The van der Waals surface area contributed by atoms with Gasteiger partial charge < -0.3 is 30.7 Å². The van der Waals surface area contributed by atoms with Gasteiger partial charge in [-0.05, 0) is 49.8 Å². The largest absolute Gasteiger partial charge is 0.351 e. The van der Waals surface area contributed by atoms with Gasteiger partial charge in [-0.25, -0.2) is 4.79 Å². The van der Waals surface area contributed by atoms with Crippen molar-refractivity contribution in [3.63, 3.8) is 0 Å². The maximum atomic E-state index is 13.1. The minimum atomic E-state index is -0.846. The van der Waals surface area contributed by atoms with Crippen molar-refractivity contribution < 1.29 is 23.9 Å². The fourth-order valence-electron chi connectivity index (χ4n) is 3.86. The zero-order chi connectivity index (χ0) is 28.0. The summed E-state index contributed by atoms with van der Waals surface area (Å²) in [7, 11) is 0. The van der Waals surface area contributed by atoms with Gasteiger partial charge in [-0.15, -0.1) is 11.3 Å². The lowest BCUT2D eigenvalue weighted by Gasteiger charge is -2.29. The Bertz CT molecular complexity index is 1180. The maximum Gasteiger partial charge on any atom is 0.319 e. The van der Waals surface area contributed by atoms with E-state index in [1.54, 1.807) is 18.4 Å². The Balaban J connectivity index is 1.60. The average molecular weight is 553 g/mol. The molecule has 0 aliphatic rings. The summed E-state index contributed by atoms with van der Waals surface area (Å²) < 4.78 is 11.5. The highest BCUT2D eigenvalue weighted by Crippen LogP contribution is 2.22. The summed E-state index contributed by atoms with van der Waals surface area (Å²) in [6.07, 6.45) is -0.149. The molecule has 2 aromatic carbocycles. The lowest BCUT2D eigenvalue weighted by molar-refractivity contribution is -0.158. The zero-order valence-electron chi connectivity index (χ0n) is 22.4. The monoisotopic (exact) mass is 552 g/mol. The van der Waals surface area contributed by atoms with Crippen molar-refractivity contribution in [3.05, 3.63) is 88.1 Å². The summed E-state index contributed by atoms with van der Waals surface area (Å²) >= 11 is 1.18. The quantitative estimate of drug-likeness (QED) is 0.222. The molecule has 0 saturated carbocycles. The molecule has 1 aromatic heterocycles. The molecule has 208 valence electrons. The molecule has 3 rings (SSSR count). The van der Waals surface area contributed by atoms with Gasteiger partial charge in [0.25, 0.3) is 5.91 Å². The number of carbonyl (C=O) groups is 3. The van der Waals surface area contributed by atoms with Gasteiger partial charge in [-0.3, -0.25) is 9.59 Å². The summed E-state index contributed by atoms with van der Waals surface area (Å²) in [5.74, 6) is -0.836. The van der Waals surface area contributed by atoms with E-state index in [2.05, 4.69) is 21.3 Å². The Morgan fingerprint density at radius 1 is 0.846 bits per heavy atom. The van der Waals surface area contributed by atoms with Gasteiger partial charge in [-0.1, -0.05) is 60.7 Å². The van der Waals surface area contributed by atoms with Gasteiger partial charge in [0.05, 0.1) is 11.7 Å². The first kappa shape index (κ1) is 29.8. The second kappa shape index (κ2) is 15.6. The predicted octanol–water partition coefficient (Wildman–Crippen LogP) is 4.31. The number of rotatable bonds is 14. The third kappa shape index (κ3) is 9.51. The molecule has 9 nitrogen and oxygen atoms in total. The van der Waals surface area contributed by atoms with Gasteiger partial charge in [-0.2, -0.15) is 0 Å². The van der Waals surface area contributed by atoms with E-state index in [1.807, 2.05) is 74.5 Å². The molecule has 0 radical (unpaired) electrons. The van der Waals surface area contributed by atoms with Gasteiger partial charge in [0, 0.05) is 19.8 Å². The molecule has 10 heteroatoms. The highest BCUT2D eigenvalue weighted by Gasteiger charge is 2.28. The van der Waals surface area contributed by atoms with Crippen LogP contribution in [0.2, 0.25) is 0 Å². The minimum Gasteiger partial charge on any atom is -0.351 e. The molecule has 2 atom stereocenters. The summed E-state index contributed by atoms with van der Waals surface area (Å²) in [6.45, 7) is 6.53. The number of amides is 4. The first-order valence-electron chi connectivity index (χ1n) is 13.0. The Labute approximate surface area is 233 Å². The van der Waals surface area contributed by atoms with Gasteiger partial charge in [0.15, 0.2) is 6.29 Å². The molecule has 0 spiro atoms. The van der Waals surface area contributed by atoms with Crippen LogP contribution in [0.25, 0.3) is 0 Å². The van der Waals surface area contributed by atoms with Crippen LogP contribution in [0.15, 0.2) is 72.1 Å². The van der Waals surface area contributed by atoms with Crippen LogP contribution in [0, 0.1) is 0 Å². The molecule has 3 aromatic rings. The molecule has 4 amide bonds. The number of ether oxygens (including phenoxy) is 2. The van der Waals surface area contributed by atoms with Crippen LogP contribution in [0.3, 0.4) is 0 Å². The number of thiophene rings is 1.